The molecule has 0 radical (unpaired) electrons. The van der Waals surface area contributed by atoms with Crippen molar-refractivity contribution in [3.8, 4) is 0 Å². The highest BCUT2D eigenvalue weighted by Gasteiger charge is 1.87. The molecule has 0 bridgehead atoms. The van der Waals surface area contributed by atoms with Crippen LogP contribution in [0.3, 0.4) is 0 Å². The number of unbranched alkanes of at least 4 members (excludes halogenated alkanes) is 4. The molecule has 66 valence electrons. The maximum absolute atomic E-state index is 9.77. The van der Waals surface area contributed by atoms with Crippen molar-refractivity contribution in [1.82, 2.24) is 10.9 Å². The van der Waals surface area contributed by atoms with E-state index in [1.165, 1.54) is 25.7 Å². The van der Waals surface area contributed by atoms with Gasteiger partial charge in [-0.05, 0) is 6.42 Å². The molecule has 1 amide bonds. The molecule has 0 aromatic rings. The van der Waals surface area contributed by atoms with Gasteiger partial charge in [0.1, 0.15) is 0 Å². The Bertz CT molecular complexity index is 86.2. The van der Waals surface area contributed by atoms with E-state index in [4.69, 9.17) is 0 Å². The highest BCUT2D eigenvalue weighted by atomic mass is 16.1. The molecule has 3 nitrogen and oxygen atoms in total. The molecule has 0 aliphatic heterocycles. The van der Waals surface area contributed by atoms with Crippen molar-refractivity contribution in [3.63, 3.8) is 0 Å². The Labute approximate surface area is 68.5 Å². The van der Waals surface area contributed by atoms with E-state index >= 15 is 0 Å². The number of hydrogen-bond donors (Lipinski definition) is 2. The zero-order chi connectivity index (χ0) is 8.36. The second kappa shape index (κ2) is 9.43. The van der Waals surface area contributed by atoms with Crippen LogP contribution in [0.2, 0.25) is 0 Å². The fraction of sp³-hybridized carbons (Fsp3) is 0.875. The Hall–Kier alpha value is -0.570. The monoisotopic (exact) mass is 158 g/mol. The molecule has 11 heavy (non-hydrogen) atoms. The number of hydrazine groups is 1. The van der Waals surface area contributed by atoms with Gasteiger partial charge in [0.15, 0.2) is 0 Å². The second-order valence-electron chi connectivity index (χ2n) is 2.60. The van der Waals surface area contributed by atoms with Crippen LogP contribution in [0.5, 0.6) is 0 Å². The molecule has 0 spiro atoms. The quantitative estimate of drug-likeness (QED) is 0.317. The minimum absolute atomic E-state index is 0.659. The summed E-state index contributed by atoms with van der Waals surface area (Å²) in [6, 6.07) is 0. The summed E-state index contributed by atoms with van der Waals surface area (Å²) in [5.41, 5.74) is 5.20. The van der Waals surface area contributed by atoms with Crippen LogP contribution in [-0.4, -0.2) is 13.0 Å². The van der Waals surface area contributed by atoms with E-state index in [-0.39, 0.29) is 0 Å². The van der Waals surface area contributed by atoms with E-state index in [1.54, 1.807) is 0 Å². The smallest absolute Gasteiger partial charge is 0.221 e. The van der Waals surface area contributed by atoms with Crippen LogP contribution >= 0.6 is 0 Å². The second-order valence-corrected chi connectivity index (χ2v) is 2.60. The van der Waals surface area contributed by atoms with Gasteiger partial charge in [0.2, 0.25) is 6.41 Å². The third-order valence-electron chi connectivity index (χ3n) is 1.57. The van der Waals surface area contributed by atoms with Gasteiger partial charge in [-0.25, -0.2) is 5.43 Å². The van der Waals surface area contributed by atoms with E-state index in [9.17, 15) is 4.79 Å². The lowest BCUT2D eigenvalue weighted by Gasteiger charge is -2.01. The SMILES string of the molecule is CCCCCCCNNC=O. The van der Waals surface area contributed by atoms with Gasteiger partial charge < -0.3 is 0 Å². The highest BCUT2D eigenvalue weighted by molar-refractivity contribution is 5.44. The summed E-state index contributed by atoms with van der Waals surface area (Å²) >= 11 is 0. The molecule has 0 saturated heterocycles. The molecular formula is C8H18N2O. The van der Waals surface area contributed by atoms with E-state index < -0.39 is 0 Å². The van der Waals surface area contributed by atoms with E-state index in [0.717, 1.165) is 13.0 Å². The lowest BCUT2D eigenvalue weighted by molar-refractivity contribution is -0.110. The van der Waals surface area contributed by atoms with Gasteiger partial charge in [-0.1, -0.05) is 32.6 Å². The van der Waals surface area contributed by atoms with Crippen molar-refractivity contribution in [2.75, 3.05) is 6.54 Å². The Morgan fingerprint density at radius 1 is 1.18 bits per heavy atom. The van der Waals surface area contributed by atoms with E-state index in [2.05, 4.69) is 17.8 Å². The number of carbonyl (C=O) groups excluding carboxylic acids is 1. The molecule has 0 heterocycles. The normalized spacial score (nSPS) is 9.55. The van der Waals surface area contributed by atoms with E-state index in [1.807, 2.05) is 0 Å². The molecule has 0 saturated carbocycles. The lowest BCUT2D eigenvalue weighted by Crippen LogP contribution is -2.30. The predicted octanol–water partition coefficient (Wildman–Crippen LogP) is 1.21. The van der Waals surface area contributed by atoms with Crippen LogP contribution in [0.25, 0.3) is 0 Å². The number of amides is 1. The zero-order valence-electron chi connectivity index (χ0n) is 7.23. The van der Waals surface area contributed by atoms with Crippen molar-refractivity contribution >= 4 is 6.41 Å². The first-order valence-electron chi connectivity index (χ1n) is 4.34. The minimum atomic E-state index is 0.659. The summed E-state index contributed by atoms with van der Waals surface area (Å²) in [6.45, 7) is 3.08. The summed E-state index contributed by atoms with van der Waals surface area (Å²) in [7, 11) is 0. The summed E-state index contributed by atoms with van der Waals surface area (Å²) in [4.78, 5) is 9.77. The summed E-state index contributed by atoms with van der Waals surface area (Å²) in [5.74, 6) is 0. The summed E-state index contributed by atoms with van der Waals surface area (Å²) < 4.78 is 0. The van der Waals surface area contributed by atoms with Crippen molar-refractivity contribution in [3.05, 3.63) is 0 Å². The average molecular weight is 158 g/mol. The number of rotatable bonds is 8. The van der Waals surface area contributed by atoms with Crippen LogP contribution in [0.15, 0.2) is 0 Å². The summed E-state index contributed by atoms with van der Waals surface area (Å²) in [6.07, 6.45) is 6.95. The first-order chi connectivity index (χ1) is 5.41. The van der Waals surface area contributed by atoms with Crippen LogP contribution in [0.1, 0.15) is 39.0 Å². The number of nitrogens with one attached hydrogen (secondary N) is 2. The molecule has 0 atom stereocenters. The predicted molar refractivity (Wildman–Crippen MR) is 46.0 cm³/mol. The molecule has 0 unspecified atom stereocenters. The molecule has 0 aliphatic carbocycles. The van der Waals surface area contributed by atoms with Gasteiger partial charge in [0, 0.05) is 6.54 Å². The number of carbonyl (C=O) groups is 1. The van der Waals surface area contributed by atoms with Gasteiger partial charge in [-0.15, -0.1) is 0 Å². The fourth-order valence-corrected chi connectivity index (χ4v) is 0.931. The Morgan fingerprint density at radius 3 is 2.55 bits per heavy atom. The lowest BCUT2D eigenvalue weighted by atomic mass is 10.2. The maximum Gasteiger partial charge on any atom is 0.221 e. The molecule has 2 N–H and O–H groups in total. The minimum Gasteiger partial charge on any atom is -0.294 e. The third-order valence-corrected chi connectivity index (χ3v) is 1.57. The number of hydrogen-bond acceptors (Lipinski definition) is 2. The summed E-state index contributed by atoms with van der Waals surface area (Å²) in [5, 5.41) is 0. The van der Waals surface area contributed by atoms with Crippen molar-refractivity contribution in [1.29, 1.82) is 0 Å². The Morgan fingerprint density at radius 2 is 1.91 bits per heavy atom. The first kappa shape index (κ1) is 10.4. The largest absolute Gasteiger partial charge is 0.294 e. The Kier molecular flexibility index (Phi) is 8.94. The molecule has 0 aromatic heterocycles. The molecule has 0 fully saturated rings. The van der Waals surface area contributed by atoms with Crippen LogP contribution in [0.4, 0.5) is 0 Å². The first-order valence-corrected chi connectivity index (χ1v) is 4.34. The highest BCUT2D eigenvalue weighted by Crippen LogP contribution is 2.00. The van der Waals surface area contributed by atoms with Crippen LogP contribution in [0, 0.1) is 0 Å². The zero-order valence-corrected chi connectivity index (χ0v) is 7.23. The van der Waals surface area contributed by atoms with Crippen molar-refractivity contribution < 1.29 is 4.79 Å². The van der Waals surface area contributed by atoms with Gasteiger partial charge in [-0.3, -0.25) is 10.2 Å². The van der Waals surface area contributed by atoms with Crippen LogP contribution in [-0.2, 0) is 4.79 Å². The third kappa shape index (κ3) is 9.43. The molecular weight excluding hydrogens is 140 g/mol. The van der Waals surface area contributed by atoms with Gasteiger partial charge in [-0.2, -0.15) is 0 Å². The topological polar surface area (TPSA) is 41.1 Å². The van der Waals surface area contributed by atoms with E-state index in [0.29, 0.717) is 6.41 Å². The molecule has 0 rings (SSSR count). The van der Waals surface area contributed by atoms with Gasteiger partial charge >= 0.3 is 0 Å². The van der Waals surface area contributed by atoms with Crippen LogP contribution < -0.4 is 10.9 Å². The maximum atomic E-state index is 9.77. The molecule has 3 heteroatoms. The average Bonchev–Trinajstić information content (AvgIpc) is 2.03. The standard InChI is InChI=1S/C8H18N2O/c1-2-3-4-5-6-7-9-10-8-11/h8-9H,2-7H2,1H3,(H,10,11). The van der Waals surface area contributed by atoms with Crippen molar-refractivity contribution in [2.45, 2.75) is 39.0 Å². The van der Waals surface area contributed by atoms with Crippen molar-refractivity contribution in [2.24, 2.45) is 0 Å². The Balaban J connectivity index is 2.74. The van der Waals surface area contributed by atoms with Gasteiger partial charge in [0.05, 0.1) is 0 Å². The molecule has 0 aromatic carbocycles. The molecule has 0 aliphatic rings. The van der Waals surface area contributed by atoms with Gasteiger partial charge in [0.25, 0.3) is 0 Å². The fourth-order valence-electron chi connectivity index (χ4n) is 0.931.